The van der Waals surface area contributed by atoms with Crippen LogP contribution in [0.3, 0.4) is 0 Å². The van der Waals surface area contributed by atoms with E-state index in [0.29, 0.717) is 17.6 Å². The Morgan fingerprint density at radius 3 is 2.67 bits per heavy atom. The van der Waals surface area contributed by atoms with Crippen molar-refractivity contribution in [1.29, 1.82) is 0 Å². The second-order valence-electron chi connectivity index (χ2n) is 7.40. The summed E-state index contributed by atoms with van der Waals surface area (Å²) in [6.07, 6.45) is 6.60. The molecule has 0 saturated heterocycles. The van der Waals surface area contributed by atoms with Crippen LogP contribution in [0, 0.1) is 23.2 Å². The van der Waals surface area contributed by atoms with Gasteiger partial charge in [0.15, 0.2) is 11.6 Å². The number of rotatable bonds is 2. The van der Waals surface area contributed by atoms with Crippen molar-refractivity contribution in [2.24, 2.45) is 23.2 Å². The van der Waals surface area contributed by atoms with Gasteiger partial charge in [0.25, 0.3) is 0 Å². The molecule has 0 amide bonds. The zero-order valence-corrected chi connectivity index (χ0v) is 14.7. The SMILES string of the molecule is CCOC(=O)C1=C2C(=O)[C@@]3(C)CC(=O)C=C3C[C@H](C)C2C=C[C@@H]1C. The normalized spacial score (nSPS) is 35.3. The second-order valence-corrected chi connectivity index (χ2v) is 7.40. The summed E-state index contributed by atoms with van der Waals surface area (Å²) in [7, 11) is 0. The van der Waals surface area contributed by atoms with Crippen molar-refractivity contribution < 1.29 is 19.1 Å². The number of allylic oxidation sites excluding steroid dienone is 5. The highest BCUT2D eigenvalue weighted by Crippen LogP contribution is 2.51. The Morgan fingerprint density at radius 1 is 1.29 bits per heavy atom. The van der Waals surface area contributed by atoms with Crippen molar-refractivity contribution in [3.63, 3.8) is 0 Å². The summed E-state index contributed by atoms with van der Waals surface area (Å²) in [6, 6.07) is 0. The standard InChI is InChI=1S/C20H24O4/c1-5-24-19(23)16-11(2)6-7-15-12(3)8-13-9-14(21)10-20(13,4)18(22)17(15)16/h6-7,9,11-12,15H,5,8,10H2,1-4H3/t11-,12-,15?,20-/m0/s1. The van der Waals surface area contributed by atoms with Gasteiger partial charge >= 0.3 is 5.97 Å². The molecule has 0 bridgehead atoms. The van der Waals surface area contributed by atoms with Gasteiger partial charge in [0.1, 0.15) is 0 Å². The average molecular weight is 328 g/mol. The summed E-state index contributed by atoms with van der Waals surface area (Å²) < 4.78 is 5.23. The van der Waals surface area contributed by atoms with E-state index >= 15 is 0 Å². The van der Waals surface area contributed by atoms with Crippen LogP contribution in [0.1, 0.15) is 40.5 Å². The van der Waals surface area contributed by atoms with Crippen LogP contribution in [-0.4, -0.2) is 24.1 Å². The first-order valence-corrected chi connectivity index (χ1v) is 8.67. The molecule has 0 aromatic heterocycles. The maximum absolute atomic E-state index is 13.4. The minimum absolute atomic E-state index is 0.00387. The molecule has 0 aromatic carbocycles. The Kier molecular flexibility index (Phi) is 4.10. The van der Waals surface area contributed by atoms with Crippen LogP contribution in [0.15, 0.2) is 34.9 Å². The van der Waals surface area contributed by atoms with E-state index in [0.717, 1.165) is 5.57 Å². The average Bonchev–Trinajstić information content (AvgIpc) is 2.77. The highest BCUT2D eigenvalue weighted by atomic mass is 16.5. The van der Waals surface area contributed by atoms with Crippen LogP contribution in [0.5, 0.6) is 0 Å². The van der Waals surface area contributed by atoms with Gasteiger partial charge in [-0.2, -0.15) is 0 Å². The molecule has 1 unspecified atom stereocenters. The smallest absolute Gasteiger partial charge is 0.335 e. The van der Waals surface area contributed by atoms with Crippen molar-refractivity contribution in [3.8, 4) is 0 Å². The van der Waals surface area contributed by atoms with Crippen LogP contribution in [0.25, 0.3) is 0 Å². The molecule has 3 aliphatic rings. The third kappa shape index (κ3) is 2.40. The maximum Gasteiger partial charge on any atom is 0.335 e. The van der Waals surface area contributed by atoms with Crippen molar-refractivity contribution >= 4 is 17.5 Å². The number of ether oxygens (including phenoxy) is 1. The summed E-state index contributed by atoms with van der Waals surface area (Å²) in [6.45, 7) is 7.88. The summed E-state index contributed by atoms with van der Waals surface area (Å²) in [5.74, 6) is -0.562. The predicted octanol–water partition coefficient (Wildman–Crippen LogP) is 3.18. The number of hydrogen-bond acceptors (Lipinski definition) is 4. The number of Topliss-reactive ketones (excluding diaryl/α,β-unsaturated/α-hetero) is 1. The first-order valence-electron chi connectivity index (χ1n) is 8.67. The van der Waals surface area contributed by atoms with E-state index < -0.39 is 11.4 Å². The van der Waals surface area contributed by atoms with Crippen LogP contribution in [0.2, 0.25) is 0 Å². The van der Waals surface area contributed by atoms with Gasteiger partial charge in [-0.05, 0) is 32.3 Å². The minimum atomic E-state index is -0.807. The number of ketones is 2. The van der Waals surface area contributed by atoms with Crippen molar-refractivity contribution in [3.05, 3.63) is 34.9 Å². The second kappa shape index (κ2) is 5.83. The van der Waals surface area contributed by atoms with Gasteiger partial charge in [-0.25, -0.2) is 4.79 Å². The zero-order valence-electron chi connectivity index (χ0n) is 14.7. The molecule has 0 aliphatic heterocycles. The third-order valence-corrected chi connectivity index (χ3v) is 5.65. The maximum atomic E-state index is 13.4. The molecule has 4 heteroatoms. The van der Waals surface area contributed by atoms with E-state index in [2.05, 4.69) is 13.0 Å². The lowest BCUT2D eigenvalue weighted by molar-refractivity contribution is -0.139. The van der Waals surface area contributed by atoms with Gasteiger partial charge in [-0.15, -0.1) is 0 Å². The lowest BCUT2D eigenvalue weighted by Gasteiger charge is -2.30. The number of carbonyl (C=O) groups is 3. The Morgan fingerprint density at radius 2 is 2.00 bits per heavy atom. The highest BCUT2D eigenvalue weighted by Gasteiger charge is 2.51. The van der Waals surface area contributed by atoms with Gasteiger partial charge in [0, 0.05) is 23.8 Å². The van der Waals surface area contributed by atoms with Gasteiger partial charge in [-0.1, -0.05) is 31.6 Å². The molecule has 1 fully saturated rings. The molecular weight excluding hydrogens is 304 g/mol. The first-order chi connectivity index (χ1) is 11.3. The Hall–Kier alpha value is -1.97. The van der Waals surface area contributed by atoms with Gasteiger partial charge in [0.2, 0.25) is 0 Å². The molecule has 0 N–H and O–H groups in total. The van der Waals surface area contributed by atoms with Crippen LogP contribution in [0.4, 0.5) is 0 Å². The third-order valence-electron chi connectivity index (χ3n) is 5.65. The Labute approximate surface area is 142 Å². The summed E-state index contributed by atoms with van der Waals surface area (Å²) in [5, 5.41) is 0. The largest absolute Gasteiger partial charge is 0.463 e. The quantitative estimate of drug-likeness (QED) is 0.577. The van der Waals surface area contributed by atoms with Crippen molar-refractivity contribution in [2.75, 3.05) is 6.61 Å². The van der Waals surface area contributed by atoms with Gasteiger partial charge < -0.3 is 4.74 Å². The fourth-order valence-corrected chi connectivity index (χ4v) is 4.30. The van der Waals surface area contributed by atoms with Crippen molar-refractivity contribution in [2.45, 2.75) is 40.5 Å². The fraction of sp³-hybridized carbons (Fsp3) is 0.550. The van der Waals surface area contributed by atoms with E-state index in [4.69, 9.17) is 4.74 Å². The first kappa shape index (κ1) is 16.9. The molecule has 24 heavy (non-hydrogen) atoms. The Bertz CT molecular complexity index is 709. The molecule has 0 spiro atoms. The number of carbonyl (C=O) groups excluding carboxylic acids is 3. The summed E-state index contributed by atoms with van der Waals surface area (Å²) in [4.78, 5) is 38.0. The number of hydrogen-bond donors (Lipinski definition) is 0. The molecule has 0 aromatic rings. The van der Waals surface area contributed by atoms with Crippen LogP contribution < -0.4 is 0 Å². The molecule has 3 aliphatic carbocycles. The lowest BCUT2D eigenvalue weighted by Crippen LogP contribution is -2.34. The van der Waals surface area contributed by atoms with Crippen molar-refractivity contribution in [1.82, 2.24) is 0 Å². The van der Waals surface area contributed by atoms with E-state index in [1.165, 1.54) is 0 Å². The van der Waals surface area contributed by atoms with E-state index in [9.17, 15) is 14.4 Å². The minimum Gasteiger partial charge on any atom is -0.463 e. The van der Waals surface area contributed by atoms with Crippen LogP contribution >= 0.6 is 0 Å². The lowest BCUT2D eigenvalue weighted by atomic mass is 9.72. The molecular formula is C20H24O4. The zero-order chi connectivity index (χ0) is 17.6. The van der Waals surface area contributed by atoms with Crippen LogP contribution in [-0.2, 0) is 19.1 Å². The van der Waals surface area contributed by atoms with E-state index in [-0.39, 0.29) is 42.3 Å². The Balaban J connectivity index is 2.19. The summed E-state index contributed by atoms with van der Waals surface area (Å²) in [5.41, 5.74) is 1.15. The molecule has 0 heterocycles. The molecule has 128 valence electrons. The molecule has 4 atom stereocenters. The van der Waals surface area contributed by atoms with Gasteiger partial charge in [-0.3, -0.25) is 9.59 Å². The van der Waals surface area contributed by atoms with E-state index in [1.54, 1.807) is 13.0 Å². The van der Waals surface area contributed by atoms with Gasteiger partial charge in [0.05, 0.1) is 17.6 Å². The molecule has 4 nitrogen and oxygen atoms in total. The number of fused-ring (bicyclic) bond motifs is 2. The molecule has 0 radical (unpaired) electrons. The monoisotopic (exact) mass is 328 g/mol. The molecule has 1 saturated carbocycles. The molecule has 3 rings (SSSR count). The topological polar surface area (TPSA) is 60.4 Å². The number of esters is 1. The van der Waals surface area contributed by atoms with E-state index in [1.807, 2.05) is 19.9 Å². The summed E-state index contributed by atoms with van der Waals surface area (Å²) >= 11 is 0. The highest BCUT2D eigenvalue weighted by molar-refractivity contribution is 6.13. The fourth-order valence-electron chi connectivity index (χ4n) is 4.30. The predicted molar refractivity (Wildman–Crippen MR) is 90.1 cm³/mol.